The fraction of sp³-hybridized carbons (Fsp3) is 0.357. The second-order valence-corrected chi connectivity index (χ2v) is 9.46. The maximum absolute atomic E-state index is 15.2. The molecule has 0 bridgehead atoms. The molecule has 0 N–H and O–H groups in total. The standard InChI is InChI=1S/C28H27F4N5O2/c1-16(2)35-26(37(3)14-20-6-7-38-20)10-19-9-24(31)21(11-23(19)30)27-25(32)13-34-28(36-27)39-15-18-5-4-17(12-33)8-22(18)29/h4-5,8-9,11,13,16,20H,6-7,10,14-15H2,1-3H3/b35-26-/t20-/m0/s1. The molecule has 1 saturated heterocycles. The van der Waals surface area contributed by atoms with Gasteiger partial charge in [-0.15, -0.1) is 0 Å². The largest absolute Gasteiger partial charge is 0.458 e. The molecule has 2 heterocycles. The van der Waals surface area contributed by atoms with Crippen LogP contribution >= 0.6 is 0 Å². The van der Waals surface area contributed by atoms with Crippen molar-refractivity contribution in [2.24, 2.45) is 4.99 Å². The number of hydrogen-bond donors (Lipinski definition) is 0. The van der Waals surface area contributed by atoms with E-state index in [0.717, 1.165) is 30.8 Å². The van der Waals surface area contributed by atoms with Gasteiger partial charge in [-0.2, -0.15) is 10.2 Å². The fourth-order valence-electron chi connectivity index (χ4n) is 3.98. The minimum atomic E-state index is -0.986. The van der Waals surface area contributed by atoms with Gasteiger partial charge in [0.05, 0.1) is 23.9 Å². The van der Waals surface area contributed by atoms with E-state index in [1.807, 2.05) is 31.9 Å². The zero-order chi connectivity index (χ0) is 28.1. The van der Waals surface area contributed by atoms with Crippen LogP contribution in [0.2, 0.25) is 0 Å². The van der Waals surface area contributed by atoms with Gasteiger partial charge in [-0.3, -0.25) is 4.99 Å². The predicted molar refractivity (Wildman–Crippen MR) is 136 cm³/mol. The van der Waals surface area contributed by atoms with E-state index in [4.69, 9.17) is 14.7 Å². The number of halogens is 4. The van der Waals surface area contributed by atoms with Gasteiger partial charge in [0.2, 0.25) is 0 Å². The fourth-order valence-corrected chi connectivity index (χ4v) is 3.98. The van der Waals surface area contributed by atoms with Crippen LogP contribution in [0.15, 0.2) is 41.5 Å². The van der Waals surface area contributed by atoms with Crippen molar-refractivity contribution >= 4 is 5.84 Å². The molecular weight excluding hydrogens is 514 g/mol. The lowest BCUT2D eigenvalue weighted by molar-refractivity contribution is -0.0570. The second-order valence-electron chi connectivity index (χ2n) is 9.46. The molecule has 4 rings (SSSR count). The number of rotatable bonds is 9. The number of nitrogens with zero attached hydrogens (tertiary/aromatic N) is 5. The maximum Gasteiger partial charge on any atom is 0.317 e. The summed E-state index contributed by atoms with van der Waals surface area (Å²) in [4.78, 5) is 14.1. The third-order valence-electron chi connectivity index (χ3n) is 6.12. The van der Waals surface area contributed by atoms with Crippen LogP contribution in [0.3, 0.4) is 0 Å². The number of hydrogen-bond acceptors (Lipinski definition) is 6. The Morgan fingerprint density at radius 2 is 1.87 bits per heavy atom. The van der Waals surface area contributed by atoms with E-state index in [2.05, 4.69) is 15.0 Å². The van der Waals surface area contributed by atoms with Crippen LogP contribution in [0.5, 0.6) is 6.01 Å². The van der Waals surface area contributed by atoms with Gasteiger partial charge >= 0.3 is 6.01 Å². The van der Waals surface area contributed by atoms with E-state index in [1.165, 1.54) is 12.1 Å². The van der Waals surface area contributed by atoms with Gasteiger partial charge in [-0.25, -0.2) is 22.5 Å². The van der Waals surface area contributed by atoms with Crippen molar-refractivity contribution in [3.8, 4) is 23.3 Å². The Kier molecular flexibility index (Phi) is 8.76. The van der Waals surface area contributed by atoms with Crippen molar-refractivity contribution in [1.82, 2.24) is 14.9 Å². The third-order valence-corrected chi connectivity index (χ3v) is 6.12. The average Bonchev–Trinajstić information content (AvgIpc) is 2.87. The van der Waals surface area contributed by atoms with Crippen LogP contribution in [0.25, 0.3) is 11.3 Å². The summed E-state index contributed by atoms with van der Waals surface area (Å²) >= 11 is 0. The summed E-state index contributed by atoms with van der Waals surface area (Å²) in [6.45, 7) is 4.74. The highest BCUT2D eigenvalue weighted by molar-refractivity contribution is 5.84. The number of amidine groups is 1. The predicted octanol–water partition coefficient (Wildman–Crippen LogP) is 5.22. The molecule has 2 aromatic carbocycles. The molecule has 1 aliphatic heterocycles. The zero-order valence-electron chi connectivity index (χ0n) is 21.7. The zero-order valence-corrected chi connectivity index (χ0v) is 21.7. The first-order chi connectivity index (χ1) is 18.6. The van der Waals surface area contributed by atoms with Crippen molar-refractivity contribution < 1.29 is 27.0 Å². The lowest BCUT2D eigenvalue weighted by Gasteiger charge is -2.32. The Morgan fingerprint density at radius 1 is 1.13 bits per heavy atom. The van der Waals surface area contributed by atoms with E-state index < -0.39 is 34.5 Å². The second kappa shape index (κ2) is 12.2. The highest BCUT2D eigenvalue weighted by atomic mass is 19.1. The summed E-state index contributed by atoms with van der Waals surface area (Å²) in [6.07, 6.45) is 1.79. The molecule has 1 aromatic heterocycles. The van der Waals surface area contributed by atoms with Gasteiger partial charge in [0.25, 0.3) is 0 Å². The molecule has 11 heteroatoms. The number of aromatic nitrogens is 2. The van der Waals surface area contributed by atoms with Crippen LogP contribution in [-0.2, 0) is 17.8 Å². The summed E-state index contributed by atoms with van der Waals surface area (Å²) in [5.74, 6) is -2.73. The van der Waals surface area contributed by atoms with Crippen molar-refractivity contribution in [2.75, 3.05) is 20.2 Å². The van der Waals surface area contributed by atoms with E-state index >= 15 is 8.78 Å². The van der Waals surface area contributed by atoms with Crippen LogP contribution < -0.4 is 4.74 Å². The molecule has 1 atom stereocenters. The molecule has 0 amide bonds. The van der Waals surface area contributed by atoms with Crippen LogP contribution in [0.1, 0.15) is 37.0 Å². The van der Waals surface area contributed by atoms with Gasteiger partial charge in [0.15, 0.2) is 5.82 Å². The first-order valence-electron chi connectivity index (χ1n) is 12.4. The Morgan fingerprint density at radius 3 is 2.51 bits per heavy atom. The smallest absolute Gasteiger partial charge is 0.317 e. The summed E-state index contributed by atoms with van der Waals surface area (Å²) in [6, 6.07) is 7.10. The first kappa shape index (κ1) is 28.0. The highest BCUT2D eigenvalue weighted by Gasteiger charge is 2.23. The maximum atomic E-state index is 15.2. The highest BCUT2D eigenvalue weighted by Crippen LogP contribution is 2.28. The topological polar surface area (TPSA) is 83.6 Å². The van der Waals surface area contributed by atoms with Crippen molar-refractivity contribution in [3.63, 3.8) is 0 Å². The Balaban J connectivity index is 1.55. The lowest BCUT2D eigenvalue weighted by Crippen LogP contribution is -2.41. The number of nitriles is 1. The van der Waals surface area contributed by atoms with Crippen molar-refractivity contribution in [1.29, 1.82) is 5.26 Å². The monoisotopic (exact) mass is 541 g/mol. The number of aliphatic imine (C=N–C) groups is 1. The summed E-state index contributed by atoms with van der Waals surface area (Å²) < 4.78 is 70.0. The Hall–Kier alpha value is -4.04. The summed E-state index contributed by atoms with van der Waals surface area (Å²) in [5, 5.41) is 8.86. The summed E-state index contributed by atoms with van der Waals surface area (Å²) in [7, 11) is 1.83. The molecule has 0 spiro atoms. The molecule has 3 aromatic rings. The lowest BCUT2D eigenvalue weighted by atomic mass is 10.0. The Bertz CT molecular complexity index is 1420. The van der Waals surface area contributed by atoms with Crippen LogP contribution in [0.4, 0.5) is 17.6 Å². The minimum absolute atomic E-state index is 0.0290. The third kappa shape index (κ3) is 6.89. The van der Waals surface area contributed by atoms with Crippen molar-refractivity contribution in [2.45, 2.75) is 45.4 Å². The molecule has 1 aliphatic rings. The van der Waals surface area contributed by atoms with E-state index in [-0.39, 0.29) is 47.9 Å². The molecule has 0 unspecified atom stereocenters. The molecular formula is C28H27F4N5O2. The molecule has 7 nitrogen and oxygen atoms in total. The SMILES string of the molecule is CC(C)/N=C(/Cc1cc(F)c(-c2nc(OCc3ccc(C#N)cc3F)ncc2F)cc1F)N(C)C[C@@H]1CCO1. The normalized spacial score (nSPS) is 15.2. The van der Waals surface area contributed by atoms with Crippen LogP contribution in [0, 0.1) is 34.6 Å². The molecule has 1 fully saturated rings. The van der Waals surface area contributed by atoms with Crippen molar-refractivity contribution in [3.05, 3.63) is 76.5 Å². The van der Waals surface area contributed by atoms with E-state index in [0.29, 0.717) is 19.0 Å². The number of likely N-dealkylation sites (N-methyl/N-ethyl adjacent to an activating group) is 1. The van der Waals surface area contributed by atoms with E-state index in [1.54, 1.807) is 0 Å². The van der Waals surface area contributed by atoms with Gasteiger partial charge in [0, 0.05) is 43.8 Å². The molecule has 0 radical (unpaired) electrons. The molecule has 39 heavy (non-hydrogen) atoms. The van der Waals surface area contributed by atoms with Crippen LogP contribution in [-0.4, -0.2) is 53.0 Å². The van der Waals surface area contributed by atoms with Gasteiger partial charge in [-0.1, -0.05) is 6.07 Å². The molecule has 0 aliphatic carbocycles. The quantitative estimate of drug-likeness (QED) is 0.210. The molecule has 204 valence electrons. The number of ether oxygens (including phenoxy) is 2. The van der Waals surface area contributed by atoms with Gasteiger partial charge < -0.3 is 14.4 Å². The number of benzene rings is 2. The van der Waals surface area contributed by atoms with E-state index in [9.17, 15) is 8.78 Å². The Labute approximate surface area is 223 Å². The minimum Gasteiger partial charge on any atom is -0.458 e. The van der Waals surface area contributed by atoms with Gasteiger partial charge in [-0.05, 0) is 50.1 Å². The first-order valence-corrected chi connectivity index (χ1v) is 12.4. The summed E-state index contributed by atoms with van der Waals surface area (Å²) in [5.41, 5.74) is -0.612. The van der Waals surface area contributed by atoms with Gasteiger partial charge in [0.1, 0.15) is 35.6 Å². The molecule has 0 saturated carbocycles. The average molecular weight is 542 g/mol.